The Morgan fingerprint density at radius 1 is 1.17 bits per heavy atom. The van der Waals surface area contributed by atoms with Gasteiger partial charge in [-0.3, -0.25) is 9.59 Å². The normalized spacial score (nSPS) is 30.2. The summed E-state index contributed by atoms with van der Waals surface area (Å²) >= 11 is 0. The van der Waals surface area contributed by atoms with Crippen LogP contribution in [0.15, 0.2) is 12.2 Å². The molecule has 1 amide bonds. The maximum Gasteiger partial charge on any atom is 0.309 e. The zero-order valence-electron chi connectivity index (χ0n) is 16.3. The molecule has 0 spiro atoms. The van der Waals surface area contributed by atoms with E-state index in [2.05, 4.69) is 27.7 Å². The van der Waals surface area contributed by atoms with E-state index in [0.29, 0.717) is 25.3 Å². The van der Waals surface area contributed by atoms with Gasteiger partial charge in [0.2, 0.25) is 5.91 Å². The summed E-state index contributed by atoms with van der Waals surface area (Å²) in [5.74, 6) is 0.340. The van der Waals surface area contributed by atoms with Crippen LogP contribution in [-0.4, -0.2) is 36.5 Å². The maximum absolute atomic E-state index is 12.4. The first-order valence-electron chi connectivity index (χ1n) is 9.20. The SMILES string of the molecule is C[C@@H]1CCCC(=O)N(C)C/C=C/C[C@@H](C)C(=O)O[C@H](C(C)(C)C)C1. The Labute approximate surface area is 147 Å². The van der Waals surface area contributed by atoms with Crippen LogP contribution < -0.4 is 0 Å². The van der Waals surface area contributed by atoms with Crippen molar-refractivity contribution in [2.75, 3.05) is 13.6 Å². The van der Waals surface area contributed by atoms with Gasteiger partial charge in [-0.25, -0.2) is 0 Å². The summed E-state index contributed by atoms with van der Waals surface area (Å²) in [5.41, 5.74) is -0.0799. The van der Waals surface area contributed by atoms with Crippen molar-refractivity contribution in [2.24, 2.45) is 17.3 Å². The molecule has 4 nitrogen and oxygen atoms in total. The van der Waals surface area contributed by atoms with Gasteiger partial charge in [0, 0.05) is 20.0 Å². The number of carbonyl (C=O) groups is 2. The second-order valence-corrected chi connectivity index (χ2v) is 8.41. The quantitative estimate of drug-likeness (QED) is 0.492. The molecule has 0 radical (unpaired) electrons. The van der Waals surface area contributed by atoms with Crippen LogP contribution in [0.25, 0.3) is 0 Å². The van der Waals surface area contributed by atoms with E-state index in [9.17, 15) is 9.59 Å². The first kappa shape index (κ1) is 20.7. The molecule has 0 bridgehead atoms. The monoisotopic (exact) mass is 337 g/mol. The van der Waals surface area contributed by atoms with Crippen LogP contribution in [-0.2, 0) is 14.3 Å². The Morgan fingerprint density at radius 3 is 2.46 bits per heavy atom. The third-order valence-corrected chi connectivity index (χ3v) is 4.79. The molecule has 0 saturated heterocycles. The molecule has 138 valence electrons. The standard InChI is InChI=1S/C20H35NO3/c1-15-10-9-12-18(22)21(6)13-8-7-11-16(2)19(23)24-17(14-15)20(3,4)5/h7-8,15-17H,9-14H2,1-6H3/b8-7+/t15-,16-,17+/m1/s1. The number of amides is 1. The third kappa shape index (κ3) is 7.06. The highest BCUT2D eigenvalue weighted by molar-refractivity contribution is 5.76. The fourth-order valence-electron chi connectivity index (χ4n) is 2.84. The van der Waals surface area contributed by atoms with Gasteiger partial charge in [0.05, 0.1) is 5.92 Å². The Bertz CT molecular complexity index is 450. The number of ether oxygens (including phenoxy) is 1. The Hall–Kier alpha value is -1.32. The molecule has 0 saturated carbocycles. The molecule has 1 heterocycles. The van der Waals surface area contributed by atoms with Crippen LogP contribution in [0.1, 0.15) is 66.7 Å². The lowest BCUT2D eigenvalue weighted by Crippen LogP contribution is -2.35. The molecule has 1 aliphatic rings. The number of rotatable bonds is 0. The van der Waals surface area contributed by atoms with Crippen LogP contribution in [0.2, 0.25) is 0 Å². The van der Waals surface area contributed by atoms with Crippen LogP contribution in [0, 0.1) is 17.3 Å². The fraction of sp³-hybridized carbons (Fsp3) is 0.800. The predicted octanol–water partition coefficient (Wildman–Crippen LogP) is 4.20. The zero-order valence-corrected chi connectivity index (χ0v) is 16.3. The van der Waals surface area contributed by atoms with Gasteiger partial charge in [-0.15, -0.1) is 0 Å². The lowest BCUT2D eigenvalue weighted by Gasteiger charge is -2.33. The zero-order chi connectivity index (χ0) is 18.3. The highest BCUT2D eigenvalue weighted by Crippen LogP contribution is 2.30. The molecule has 24 heavy (non-hydrogen) atoms. The number of likely N-dealkylation sites (N-methyl/N-ethyl adjacent to an activating group) is 1. The average Bonchev–Trinajstić information content (AvgIpc) is 2.48. The Morgan fingerprint density at radius 2 is 1.83 bits per heavy atom. The van der Waals surface area contributed by atoms with Crippen molar-refractivity contribution >= 4 is 11.9 Å². The van der Waals surface area contributed by atoms with Crippen molar-refractivity contribution < 1.29 is 14.3 Å². The number of hydrogen-bond acceptors (Lipinski definition) is 3. The molecular weight excluding hydrogens is 302 g/mol. The van der Waals surface area contributed by atoms with Gasteiger partial charge in [0.25, 0.3) is 0 Å². The van der Waals surface area contributed by atoms with Crippen molar-refractivity contribution in [3.63, 3.8) is 0 Å². The fourth-order valence-corrected chi connectivity index (χ4v) is 2.84. The summed E-state index contributed by atoms with van der Waals surface area (Å²) in [7, 11) is 1.83. The maximum atomic E-state index is 12.4. The summed E-state index contributed by atoms with van der Waals surface area (Å²) in [4.78, 5) is 26.3. The van der Waals surface area contributed by atoms with Crippen LogP contribution >= 0.6 is 0 Å². The van der Waals surface area contributed by atoms with Gasteiger partial charge >= 0.3 is 5.97 Å². The molecule has 0 aromatic carbocycles. The van der Waals surface area contributed by atoms with Gasteiger partial charge in [-0.2, -0.15) is 0 Å². The van der Waals surface area contributed by atoms with E-state index in [1.807, 2.05) is 26.1 Å². The Kier molecular flexibility index (Phi) is 7.98. The van der Waals surface area contributed by atoms with E-state index in [4.69, 9.17) is 4.74 Å². The minimum Gasteiger partial charge on any atom is -0.462 e. The lowest BCUT2D eigenvalue weighted by molar-refractivity contribution is -0.160. The van der Waals surface area contributed by atoms with Gasteiger partial charge < -0.3 is 9.64 Å². The third-order valence-electron chi connectivity index (χ3n) is 4.79. The smallest absolute Gasteiger partial charge is 0.309 e. The van der Waals surface area contributed by atoms with E-state index >= 15 is 0 Å². The molecule has 0 N–H and O–H groups in total. The molecule has 1 rings (SSSR count). The highest BCUT2D eigenvalue weighted by atomic mass is 16.5. The van der Waals surface area contributed by atoms with Crippen molar-refractivity contribution in [2.45, 2.75) is 72.8 Å². The summed E-state index contributed by atoms with van der Waals surface area (Å²) in [6.07, 6.45) is 7.80. The Balaban J connectivity index is 2.86. The van der Waals surface area contributed by atoms with E-state index in [1.165, 1.54) is 0 Å². The molecule has 1 aliphatic heterocycles. The molecule has 0 fully saturated rings. The number of cyclic esters (lactones) is 1. The van der Waals surface area contributed by atoms with Gasteiger partial charge in [0.1, 0.15) is 6.10 Å². The molecule has 0 aliphatic carbocycles. The van der Waals surface area contributed by atoms with Crippen molar-refractivity contribution in [3.8, 4) is 0 Å². The minimum atomic E-state index is -0.160. The van der Waals surface area contributed by atoms with Crippen molar-refractivity contribution in [1.29, 1.82) is 0 Å². The molecule has 0 aromatic heterocycles. The van der Waals surface area contributed by atoms with Crippen LogP contribution in [0.4, 0.5) is 0 Å². The van der Waals surface area contributed by atoms with Crippen molar-refractivity contribution in [3.05, 3.63) is 12.2 Å². The van der Waals surface area contributed by atoms with E-state index in [1.54, 1.807) is 4.90 Å². The summed E-state index contributed by atoms with van der Waals surface area (Å²) < 4.78 is 5.87. The molecule has 4 heteroatoms. The number of nitrogens with zero attached hydrogens (tertiary/aromatic N) is 1. The van der Waals surface area contributed by atoms with E-state index < -0.39 is 0 Å². The van der Waals surface area contributed by atoms with Gasteiger partial charge in [-0.1, -0.05) is 53.2 Å². The first-order valence-corrected chi connectivity index (χ1v) is 9.20. The number of allylic oxidation sites excluding steroid dienone is 1. The molecular formula is C20H35NO3. The van der Waals surface area contributed by atoms with Crippen LogP contribution in [0.5, 0.6) is 0 Å². The summed E-state index contributed by atoms with van der Waals surface area (Å²) in [6.45, 7) is 11.0. The minimum absolute atomic E-state index is 0.0799. The molecule has 0 aromatic rings. The van der Waals surface area contributed by atoms with E-state index in [0.717, 1.165) is 19.3 Å². The van der Waals surface area contributed by atoms with Crippen molar-refractivity contribution in [1.82, 2.24) is 4.90 Å². The van der Waals surface area contributed by atoms with E-state index in [-0.39, 0.29) is 29.3 Å². The lowest BCUT2D eigenvalue weighted by atomic mass is 9.82. The summed E-state index contributed by atoms with van der Waals surface area (Å²) in [6, 6.07) is 0. The van der Waals surface area contributed by atoms with Gasteiger partial charge in [-0.05, 0) is 30.6 Å². The average molecular weight is 338 g/mol. The number of carbonyl (C=O) groups excluding carboxylic acids is 2. The first-order chi connectivity index (χ1) is 11.1. The van der Waals surface area contributed by atoms with Crippen LogP contribution in [0.3, 0.4) is 0 Å². The number of hydrogen-bond donors (Lipinski definition) is 0. The topological polar surface area (TPSA) is 46.6 Å². The largest absolute Gasteiger partial charge is 0.462 e. The molecule has 0 unspecified atom stereocenters. The molecule has 3 atom stereocenters. The summed E-state index contributed by atoms with van der Waals surface area (Å²) in [5, 5.41) is 0. The highest BCUT2D eigenvalue weighted by Gasteiger charge is 2.31. The van der Waals surface area contributed by atoms with Gasteiger partial charge in [0.15, 0.2) is 0 Å². The predicted molar refractivity (Wildman–Crippen MR) is 97.5 cm³/mol. The number of esters is 1. The second kappa shape index (κ2) is 9.24. The second-order valence-electron chi connectivity index (χ2n) is 8.41.